The molecule has 0 atom stereocenters. The first-order chi connectivity index (χ1) is 15.6. The van der Waals surface area contributed by atoms with E-state index in [4.69, 9.17) is 15.7 Å². The Morgan fingerprint density at radius 3 is 2.78 bits per heavy atom. The Labute approximate surface area is 186 Å². The van der Waals surface area contributed by atoms with Crippen molar-refractivity contribution >= 4 is 17.2 Å². The average molecular weight is 428 g/mol. The summed E-state index contributed by atoms with van der Waals surface area (Å²) < 4.78 is 1.69. The van der Waals surface area contributed by atoms with E-state index < -0.39 is 5.91 Å². The van der Waals surface area contributed by atoms with Gasteiger partial charge in [0.25, 0.3) is 5.91 Å². The fraction of sp³-hybridized carbons (Fsp3) is 0.250. The number of nitrogens with two attached hydrogens (primary N) is 1. The van der Waals surface area contributed by atoms with Gasteiger partial charge in [0.05, 0.1) is 11.2 Å². The van der Waals surface area contributed by atoms with E-state index in [2.05, 4.69) is 34.4 Å². The Kier molecular flexibility index (Phi) is 5.28. The lowest BCUT2D eigenvalue weighted by atomic mass is 10.1. The number of primary amides is 1. The molecule has 1 amide bonds. The molecule has 4 aromatic rings. The standard InChI is InChI=1S/C24H25N7O/c1-30-12-6-9-18-17(14-30)23(26-13-16-7-3-2-4-8-16)29-24(28-18)21-19-10-5-11-20(22(25)32)31(19)15-27-21/h2-5,7-8,10-11,15H,6,9,12-14H2,1H3,(H2,25,32)(H,26,28,29). The van der Waals surface area contributed by atoms with Crippen molar-refractivity contribution in [2.24, 2.45) is 5.73 Å². The zero-order chi connectivity index (χ0) is 22.1. The molecule has 0 saturated carbocycles. The number of rotatable bonds is 5. The summed E-state index contributed by atoms with van der Waals surface area (Å²) in [7, 11) is 2.12. The first-order valence-corrected chi connectivity index (χ1v) is 10.7. The molecule has 3 N–H and O–H groups in total. The van der Waals surface area contributed by atoms with E-state index in [1.807, 2.05) is 24.3 Å². The Hall–Kier alpha value is -3.78. The minimum atomic E-state index is -0.504. The summed E-state index contributed by atoms with van der Waals surface area (Å²) in [5, 5.41) is 3.53. The molecule has 4 heterocycles. The number of imidazole rings is 1. The fourth-order valence-corrected chi connectivity index (χ4v) is 4.20. The maximum atomic E-state index is 11.8. The largest absolute Gasteiger partial charge is 0.366 e. The van der Waals surface area contributed by atoms with E-state index in [-0.39, 0.29) is 0 Å². The minimum Gasteiger partial charge on any atom is -0.366 e. The molecule has 1 aliphatic heterocycles. The first kappa shape index (κ1) is 20.1. The number of pyridine rings is 1. The number of benzene rings is 1. The van der Waals surface area contributed by atoms with E-state index in [9.17, 15) is 4.79 Å². The highest BCUT2D eigenvalue weighted by molar-refractivity contribution is 5.92. The number of hydrogen-bond acceptors (Lipinski definition) is 6. The molecule has 32 heavy (non-hydrogen) atoms. The third-order valence-corrected chi connectivity index (χ3v) is 5.81. The second kappa shape index (κ2) is 8.39. The van der Waals surface area contributed by atoms with Gasteiger partial charge in [-0.1, -0.05) is 36.4 Å². The predicted octanol–water partition coefficient (Wildman–Crippen LogP) is 2.88. The van der Waals surface area contributed by atoms with Gasteiger partial charge in [-0.15, -0.1) is 0 Å². The molecule has 5 rings (SSSR count). The van der Waals surface area contributed by atoms with Crippen LogP contribution in [0.25, 0.3) is 17.0 Å². The van der Waals surface area contributed by atoms with Gasteiger partial charge in [-0.3, -0.25) is 9.20 Å². The minimum absolute atomic E-state index is 0.375. The summed E-state index contributed by atoms with van der Waals surface area (Å²) in [6.45, 7) is 2.48. The molecular weight excluding hydrogens is 402 g/mol. The van der Waals surface area contributed by atoms with Crippen LogP contribution in [-0.2, 0) is 19.5 Å². The molecule has 3 aromatic heterocycles. The quantitative estimate of drug-likeness (QED) is 0.508. The van der Waals surface area contributed by atoms with Gasteiger partial charge in [-0.2, -0.15) is 0 Å². The van der Waals surface area contributed by atoms with Crippen LogP contribution in [0.2, 0.25) is 0 Å². The second-order valence-electron chi connectivity index (χ2n) is 8.13. The van der Waals surface area contributed by atoms with E-state index >= 15 is 0 Å². The number of amides is 1. The average Bonchev–Trinajstić information content (AvgIpc) is 3.14. The summed E-state index contributed by atoms with van der Waals surface area (Å²) in [5.41, 5.74) is 10.7. The van der Waals surface area contributed by atoms with Gasteiger partial charge in [0.15, 0.2) is 5.82 Å². The number of aryl methyl sites for hydroxylation is 1. The van der Waals surface area contributed by atoms with Crippen LogP contribution in [0.15, 0.2) is 54.9 Å². The number of anilines is 1. The van der Waals surface area contributed by atoms with Gasteiger partial charge in [-0.05, 0) is 44.1 Å². The van der Waals surface area contributed by atoms with Crippen LogP contribution in [0.3, 0.4) is 0 Å². The van der Waals surface area contributed by atoms with Crippen molar-refractivity contribution in [3.63, 3.8) is 0 Å². The Bertz CT molecular complexity index is 1280. The Morgan fingerprint density at radius 2 is 1.97 bits per heavy atom. The van der Waals surface area contributed by atoms with Crippen molar-refractivity contribution in [2.45, 2.75) is 25.9 Å². The van der Waals surface area contributed by atoms with E-state index in [1.165, 1.54) is 5.56 Å². The molecule has 0 radical (unpaired) electrons. The van der Waals surface area contributed by atoms with Crippen LogP contribution in [-0.4, -0.2) is 43.8 Å². The molecule has 0 spiro atoms. The zero-order valence-electron chi connectivity index (χ0n) is 18.0. The van der Waals surface area contributed by atoms with Crippen LogP contribution in [0.5, 0.6) is 0 Å². The molecule has 1 aromatic carbocycles. The number of nitrogens with one attached hydrogen (secondary N) is 1. The Balaban J connectivity index is 1.60. The van der Waals surface area contributed by atoms with Crippen molar-refractivity contribution in [3.05, 3.63) is 77.4 Å². The lowest BCUT2D eigenvalue weighted by Crippen LogP contribution is -2.19. The van der Waals surface area contributed by atoms with Gasteiger partial charge in [0.2, 0.25) is 0 Å². The number of carbonyl (C=O) groups is 1. The molecule has 0 bridgehead atoms. The lowest BCUT2D eigenvalue weighted by molar-refractivity contribution is 0.0994. The SMILES string of the molecule is CN1CCCc2nc(-c3ncn4c(C(N)=O)cccc34)nc(NCc3ccccc3)c2C1. The maximum absolute atomic E-state index is 11.8. The molecule has 0 unspecified atom stereocenters. The van der Waals surface area contributed by atoms with Gasteiger partial charge in [0.1, 0.15) is 23.5 Å². The molecule has 8 heteroatoms. The van der Waals surface area contributed by atoms with Gasteiger partial charge >= 0.3 is 0 Å². The zero-order valence-corrected chi connectivity index (χ0v) is 18.0. The topological polar surface area (TPSA) is 101 Å². The van der Waals surface area contributed by atoms with Crippen molar-refractivity contribution in [2.75, 3.05) is 18.9 Å². The van der Waals surface area contributed by atoms with Crippen LogP contribution in [0.4, 0.5) is 5.82 Å². The summed E-state index contributed by atoms with van der Waals surface area (Å²) >= 11 is 0. The van der Waals surface area contributed by atoms with Crippen molar-refractivity contribution in [1.82, 2.24) is 24.3 Å². The Morgan fingerprint density at radius 1 is 1.12 bits per heavy atom. The number of carbonyl (C=O) groups excluding carboxylic acids is 1. The third-order valence-electron chi connectivity index (χ3n) is 5.81. The smallest absolute Gasteiger partial charge is 0.265 e. The van der Waals surface area contributed by atoms with Crippen LogP contribution < -0.4 is 11.1 Å². The molecule has 0 aliphatic carbocycles. The third kappa shape index (κ3) is 3.80. The van der Waals surface area contributed by atoms with Gasteiger partial charge < -0.3 is 16.0 Å². The fourth-order valence-electron chi connectivity index (χ4n) is 4.20. The molecule has 1 aliphatic rings. The van der Waals surface area contributed by atoms with E-state index in [1.54, 1.807) is 22.9 Å². The number of nitrogens with zero attached hydrogens (tertiary/aromatic N) is 5. The van der Waals surface area contributed by atoms with Gasteiger partial charge in [-0.25, -0.2) is 15.0 Å². The van der Waals surface area contributed by atoms with Crippen LogP contribution in [0.1, 0.15) is 33.7 Å². The molecule has 162 valence electrons. The molecule has 0 fully saturated rings. The lowest BCUT2D eigenvalue weighted by Gasteiger charge is -2.18. The highest BCUT2D eigenvalue weighted by Crippen LogP contribution is 2.28. The maximum Gasteiger partial charge on any atom is 0.265 e. The monoisotopic (exact) mass is 427 g/mol. The summed E-state index contributed by atoms with van der Waals surface area (Å²) in [6, 6.07) is 15.6. The van der Waals surface area contributed by atoms with Crippen LogP contribution in [0, 0.1) is 0 Å². The van der Waals surface area contributed by atoms with Crippen LogP contribution >= 0.6 is 0 Å². The highest BCUT2D eigenvalue weighted by atomic mass is 16.1. The van der Waals surface area contributed by atoms with Crippen molar-refractivity contribution < 1.29 is 4.79 Å². The summed E-state index contributed by atoms with van der Waals surface area (Å²) in [5.74, 6) is 0.874. The number of aromatic nitrogens is 4. The number of fused-ring (bicyclic) bond motifs is 2. The van der Waals surface area contributed by atoms with Crippen molar-refractivity contribution in [1.29, 1.82) is 0 Å². The van der Waals surface area contributed by atoms with E-state index in [0.29, 0.717) is 23.8 Å². The second-order valence-corrected chi connectivity index (χ2v) is 8.13. The predicted molar refractivity (Wildman–Crippen MR) is 123 cm³/mol. The molecular formula is C24H25N7O. The van der Waals surface area contributed by atoms with Gasteiger partial charge in [0, 0.05) is 18.7 Å². The highest BCUT2D eigenvalue weighted by Gasteiger charge is 2.22. The van der Waals surface area contributed by atoms with E-state index in [0.717, 1.165) is 48.5 Å². The normalized spacial score (nSPS) is 14.2. The summed E-state index contributed by atoms with van der Waals surface area (Å²) in [4.78, 5) is 28.5. The van der Waals surface area contributed by atoms with Crippen molar-refractivity contribution in [3.8, 4) is 11.5 Å². The molecule has 8 nitrogen and oxygen atoms in total. The first-order valence-electron chi connectivity index (χ1n) is 10.7. The number of hydrogen-bond donors (Lipinski definition) is 2. The summed E-state index contributed by atoms with van der Waals surface area (Å²) in [6.07, 6.45) is 3.52. The molecule has 0 saturated heterocycles.